The molecule has 0 aliphatic carbocycles. The summed E-state index contributed by atoms with van der Waals surface area (Å²) in [6, 6.07) is 9.39. The number of thiophene rings is 1. The molecule has 2 amide bonds. The van der Waals surface area contributed by atoms with Crippen molar-refractivity contribution in [1.29, 1.82) is 0 Å². The van der Waals surface area contributed by atoms with Crippen LogP contribution >= 0.6 is 11.3 Å². The Balaban J connectivity index is 1.47. The number of rotatable bonds is 6. The first kappa shape index (κ1) is 18.6. The fraction of sp³-hybridized carbons (Fsp3) is 0.333. The molecule has 146 valence electrons. The number of nitrogens with zero attached hydrogens (tertiary/aromatic N) is 2. The summed E-state index contributed by atoms with van der Waals surface area (Å²) in [5, 5.41) is 2.01. The topological polar surface area (TPSA) is 66.9 Å². The quantitative estimate of drug-likeness (QED) is 0.629. The van der Waals surface area contributed by atoms with Crippen LogP contribution < -0.4 is 0 Å². The van der Waals surface area contributed by atoms with Gasteiger partial charge in [0, 0.05) is 18.0 Å². The van der Waals surface area contributed by atoms with Crippen LogP contribution in [0.4, 0.5) is 0 Å². The van der Waals surface area contributed by atoms with Gasteiger partial charge in [-0.25, -0.2) is 0 Å². The Morgan fingerprint density at radius 1 is 1.18 bits per heavy atom. The van der Waals surface area contributed by atoms with Crippen LogP contribution in [0.2, 0.25) is 0 Å². The highest BCUT2D eigenvalue weighted by Gasteiger charge is 2.32. The second kappa shape index (κ2) is 8.48. The van der Waals surface area contributed by atoms with Crippen LogP contribution in [0, 0.1) is 5.92 Å². The molecular formula is C21H22N2O4S. The van der Waals surface area contributed by atoms with Gasteiger partial charge < -0.3 is 18.6 Å². The summed E-state index contributed by atoms with van der Waals surface area (Å²) in [5.41, 5.74) is 0.527. The van der Waals surface area contributed by atoms with Gasteiger partial charge in [0.15, 0.2) is 0 Å². The monoisotopic (exact) mass is 398 g/mol. The van der Waals surface area contributed by atoms with E-state index in [2.05, 4.69) is 0 Å². The zero-order chi connectivity index (χ0) is 19.3. The van der Waals surface area contributed by atoms with Crippen molar-refractivity contribution >= 4 is 23.2 Å². The molecule has 0 N–H and O–H groups in total. The molecule has 1 aliphatic heterocycles. The summed E-state index contributed by atoms with van der Waals surface area (Å²) in [6.07, 6.45) is 6.16. The third-order valence-corrected chi connectivity index (χ3v) is 5.85. The number of hydrogen-bond acceptors (Lipinski definition) is 5. The van der Waals surface area contributed by atoms with Gasteiger partial charge in [-0.1, -0.05) is 6.07 Å². The van der Waals surface area contributed by atoms with Crippen molar-refractivity contribution in [1.82, 2.24) is 9.80 Å². The molecule has 0 bridgehead atoms. The molecule has 1 atom stereocenters. The Hall–Kier alpha value is -2.80. The van der Waals surface area contributed by atoms with Gasteiger partial charge in [-0.05, 0) is 42.5 Å². The van der Waals surface area contributed by atoms with E-state index in [9.17, 15) is 9.59 Å². The van der Waals surface area contributed by atoms with Gasteiger partial charge in [0.1, 0.15) is 12.0 Å². The number of amides is 2. The van der Waals surface area contributed by atoms with Crippen molar-refractivity contribution < 1.29 is 18.4 Å². The van der Waals surface area contributed by atoms with E-state index in [-0.39, 0.29) is 17.7 Å². The third-order valence-electron chi connectivity index (χ3n) is 4.99. The number of carbonyl (C=O) groups is 2. The zero-order valence-electron chi connectivity index (χ0n) is 15.5. The van der Waals surface area contributed by atoms with Gasteiger partial charge in [-0.2, -0.15) is 0 Å². The smallest absolute Gasteiger partial charge is 0.257 e. The molecule has 1 saturated heterocycles. The highest BCUT2D eigenvalue weighted by molar-refractivity contribution is 7.09. The predicted octanol–water partition coefficient (Wildman–Crippen LogP) is 4.02. The Morgan fingerprint density at radius 2 is 2.11 bits per heavy atom. The fourth-order valence-corrected chi connectivity index (χ4v) is 4.30. The van der Waals surface area contributed by atoms with E-state index in [4.69, 9.17) is 8.83 Å². The van der Waals surface area contributed by atoms with Crippen LogP contribution in [0.3, 0.4) is 0 Å². The van der Waals surface area contributed by atoms with E-state index in [0.717, 1.165) is 23.5 Å². The lowest BCUT2D eigenvalue weighted by Gasteiger charge is -2.34. The average Bonchev–Trinajstić information content (AvgIpc) is 3.50. The number of piperidine rings is 1. The third kappa shape index (κ3) is 4.20. The van der Waals surface area contributed by atoms with Crippen molar-refractivity contribution in [2.75, 3.05) is 13.1 Å². The van der Waals surface area contributed by atoms with Gasteiger partial charge in [-0.3, -0.25) is 9.59 Å². The second-order valence-corrected chi connectivity index (χ2v) is 7.99. The van der Waals surface area contributed by atoms with Gasteiger partial charge in [0.2, 0.25) is 5.91 Å². The first-order valence-corrected chi connectivity index (χ1v) is 10.2. The molecule has 6 nitrogen and oxygen atoms in total. The first-order chi connectivity index (χ1) is 13.7. The van der Waals surface area contributed by atoms with E-state index < -0.39 is 0 Å². The molecular weight excluding hydrogens is 376 g/mol. The van der Waals surface area contributed by atoms with Crippen molar-refractivity contribution in [3.63, 3.8) is 0 Å². The predicted molar refractivity (Wildman–Crippen MR) is 105 cm³/mol. The fourth-order valence-electron chi connectivity index (χ4n) is 3.58. The normalized spacial score (nSPS) is 16.9. The number of carbonyl (C=O) groups excluding carboxylic acids is 2. The van der Waals surface area contributed by atoms with E-state index in [1.165, 1.54) is 12.5 Å². The lowest BCUT2D eigenvalue weighted by atomic mass is 9.96. The molecule has 4 heterocycles. The highest BCUT2D eigenvalue weighted by Crippen LogP contribution is 2.24. The summed E-state index contributed by atoms with van der Waals surface area (Å²) in [6.45, 7) is 2.07. The maximum absolute atomic E-state index is 13.3. The summed E-state index contributed by atoms with van der Waals surface area (Å²) >= 11 is 1.63. The molecule has 0 saturated carbocycles. The molecule has 28 heavy (non-hydrogen) atoms. The maximum Gasteiger partial charge on any atom is 0.257 e. The Kier molecular flexibility index (Phi) is 5.62. The van der Waals surface area contributed by atoms with E-state index in [1.807, 2.05) is 34.5 Å². The molecule has 1 fully saturated rings. The van der Waals surface area contributed by atoms with Crippen molar-refractivity contribution in [3.05, 3.63) is 70.7 Å². The highest BCUT2D eigenvalue weighted by atomic mass is 32.1. The van der Waals surface area contributed by atoms with Crippen LogP contribution in [-0.4, -0.2) is 34.7 Å². The summed E-state index contributed by atoms with van der Waals surface area (Å²) in [5.74, 6) is 0.531. The van der Waals surface area contributed by atoms with Crippen molar-refractivity contribution in [2.45, 2.75) is 25.9 Å². The molecule has 1 aliphatic rings. The zero-order valence-corrected chi connectivity index (χ0v) is 16.3. The Bertz CT molecular complexity index is 851. The number of furan rings is 2. The van der Waals surface area contributed by atoms with Crippen LogP contribution in [0.1, 0.15) is 33.8 Å². The lowest BCUT2D eigenvalue weighted by Crippen LogP contribution is -2.46. The van der Waals surface area contributed by atoms with E-state index in [0.29, 0.717) is 31.7 Å². The lowest BCUT2D eigenvalue weighted by molar-refractivity contribution is -0.138. The van der Waals surface area contributed by atoms with Crippen LogP contribution in [0.15, 0.2) is 63.3 Å². The van der Waals surface area contributed by atoms with Gasteiger partial charge >= 0.3 is 0 Å². The van der Waals surface area contributed by atoms with Crippen molar-refractivity contribution in [2.24, 2.45) is 5.92 Å². The van der Waals surface area contributed by atoms with Gasteiger partial charge in [0.05, 0.1) is 37.1 Å². The first-order valence-electron chi connectivity index (χ1n) is 9.36. The van der Waals surface area contributed by atoms with Crippen LogP contribution in [0.5, 0.6) is 0 Å². The minimum absolute atomic E-state index is 0.0643. The summed E-state index contributed by atoms with van der Waals surface area (Å²) < 4.78 is 10.5. The summed E-state index contributed by atoms with van der Waals surface area (Å²) in [7, 11) is 0. The molecule has 0 aromatic carbocycles. The molecule has 0 spiro atoms. The number of hydrogen-bond donors (Lipinski definition) is 0. The Labute approximate surface area is 167 Å². The van der Waals surface area contributed by atoms with Crippen LogP contribution in [-0.2, 0) is 17.9 Å². The van der Waals surface area contributed by atoms with E-state index in [1.54, 1.807) is 28.6 Å². The number of likely N-dealkylation sites (tertiary alicyclic amines) is 1. The molecule has 0 radical (unpaired) electrons. The standard InChI is InChI=1S/C21H22N2O4S/c24-20(16-4-1-8-22(12-16)21(25)17-7-10-26-15-17)23(13-18-5-2-9-27-18)14-19-6-3-11-28-19/h2-3,5-7,9-11,15-16H,1,4,8,12-14H2/t16-/m0/s1. The largest absolute Gasteiger partial charge is 0.472 e. The van der Waals surface area contributed by atoms with Gasteiger partial charge in [0.25, 0.3) is 5.91 Å². The minimum atomic E-state index is -0.209. The Morgan fingerprint density at radius 3 is 2.82 bits per heavy atom. The molecule has 0 unspecified atom stereocenters. The minimum Gasteiger partial charge on any atom is -0.472 e. The maximum atomic E-state index is 13.3. The van der Waals surface area contributed by atoms with E-state index >= 15 is 0 Å². The SMILES string of the molecule is O=C(c1ccoc1)N1CCC[C@H](C(=O)N(Cc2ccco2)Cc2cccs2)C1. The molecule has 3 aromatic rings. The molecule has 3 aromatic heterocycles. The summed E-state index contributed by atoms with van der Waals surface area (Å²) in [4.78, 5) is 30.7. The van der Waals surface area contributed by atoms with Gasteiger partial charge in [-0.15, -0.1) is 11.3 Å². The second-order valence-electron chi connectivity index (χ2n) is 6.96. The van der Waals surface area contributed by atoms with Crippen molar-refractivity contribution in [3.8, 4) is 0 Å². The molecule has 4 rings (SSSR count). The average molecular weight is 398 g/mol. The van der Waals surface area contributed by atoms with Crippen LogP contribution in [0.25, 0.3) is 0 Å². The molecule has 7 heteroatoms.